The van der Waals surface area contributed by atoms with E-state index >= 15 is 0 Å². The van der Waals surface area contributed by atoms with E-state index < -0.39 is 5.97 Å². The maximum absolute atomic E-state index is 11.1. The van der Waals surface area contributed by atoms with Gasteiger partial charge in [-0.05, 0) is 49.9 Å². The van der Waals surface area contributed by atoms with Gasteiger partial charge in [-0.25, -0.2) is 4.79 Å². The molecule has 0 bridgehead atoms. The van der Waals surface area contributed by atoms with Gasteiger partial charge in [-0.1, -0.05) is 6.92 Å². The highest BCUT2D eigenvalue weighted by Crippen LogP contribution is 2.30. The van der Waals surface area contributed by atoms with E-state index in [1.54, 1.807) is 12.1 Å². The number of rotatable bonds is 2. The Morgan fingerprint density at radius 2 is 2.19 bits per heavy atom. The number of carboxylic acid groups (broad SMARTS) is 1. The Balaban J connectivity index is 2.11. The van der Waals surface area contributed by atoms with Gasteiger partial charge in [0, 0.05) is 29.9 Å². The molecule has 1 fully saturated rings. The highest BCUT2D eigenvalue weighted by Gasteiger charge is 2.19. The van der Waals surface area contributed by atoms with E-state index in [2.05, 4.69) is 22.9 Å². The van der Waals surface area contributed by atoms with E-state index in [0.717, 1.165) is 29.7 Å². The first-order valence-electron chi connectivity index (χ1n) is 7.44. The van der Waals surface area contributed by atoms with Crippen molar-refractivity contribution < 1.29 is 9.90 Å². The van der Waals surface area contributed by atoms with E-state index in [-0.39, 0.29) is 0 Å². The zero-order valence-electron chi connectivity index (χ0n) is 12.5. The van der Waals surface area contributed by atoms with Crippen molar-refractivity contribution in [3.63, 3.8) is 0 Å². The monoisotopic (exact) mass is 284 g/mol. The molecule has 21 heavy (non-hydrogen) atoms. The third-order valence-electron chi connectivity index (χ3n) is 4.16. The number of carboxylic acids is 1. The molecular formula is C17H20N2O2. The first kappa shape index (κ1) is 13.9. The van der Waals surface area contributed by atoms with Gasteiger partial charge in [0.2, 0.25) is 0 Å². The molecule has 0 radical (unpaired) electrons. The van der Waals surface area contributed by atoms with Crippen molar-refractivity contribution in [3.05, 3.63) is 35.5 Å². The maximum Gasteiger partial charge on any atom is 0.335 e. The van der Waals surface area contributed by atoms with Crippen LogP contribution < -0.4 is 4.90 Å². The van der Waals surface area contributed by atoms with Crippen molar-refractivity contribution in [1.82, 2.24) is 4.98 Å². The zero-order chi connectivity index (χ0) is 15.0. The van der Waals surface area contributed by atoms with Crippen LogP contribution in [-0.2, 0) is 0 Å². The van der Waals surface area contributed by atoms with Crippen LogP contribution in [0, 0.1) is 12.8 Å². The molecule has 2 heterocycles. The lowest BCUT2D eigenvalue weighted by Crippen LogP contribution is -2.34. The fraction of sp³-hybridized carbons (Fsp3) is 0.412. The fourth-order valence-corrected chi connectivity index (χ4v) is 3.14. The number of anilines is 1. The Labute approximate surface area is 124 Å². The molecule has 1 saturated heterocycles. The van der Waals surface area contributed by atoms with Crippen LogP contribution in [0.3, 0.4) is 0 Å². The highest BCUT2D eigenvalue weighted by atomic mass is 16.4. The number of aromatic nitrogens is 1. The Morgan fingerprint density at radius 1 is 1.38 bits per heavy atom. The summed E-state index contributed by atoms with van der Waals surface area (Å²) in [5.74, 6) is -0.214. The second kappa shape index (κ2) is 5.35. The number of pyridine rings is 1. The van der Waals surface area contributed by atoms with E-state index in [0.29, 0.717) is 11.5 Å². The molecule has 0 saturated carbocycles. The summed E-state index contributed by atoms with van der Waals surface area (Å²) in [7, 11) is 0. The number of hydrogen-bond donors (Lipinski definition) is 1. The maximum atomic E-state index is 11.1. The summed E-state index contributed by atoms with van der Waals surface area (Å²) >= 11 is 0. The number of carbonyl (C=O) groups is 1. The molecule has 1 aromatic carbocycles. The molecule has 1 aromatic heterocycles. The molecule has 0 aliphatic carbocycles. The van der Waals surface area contributed by atoms with Gasteiger partial charge < -0.3 is 10.0 Å². The highest BCUT2D eigenvalue weighted by molar-refractivity contribution is 5.97. The minimum Gasteiger partial charge on any atom is -0.478 e. The average molecular weight is 284 g/mol. The van der Waals surface area contributed by atoms with Crippen molar-refractivity contribution >= 4 is 22.6 Å². The van der Waals surface area contributed by atoms with Gasteiger partial charge in [-0.15, -0.1) is 0 Å². The molecule has 110 valence electrons. The topological polar surface area (TPSA) is 53.4 Å². The Kier molecular flexibility index (Phi) is 3.53. The van der Waals surface area contributed by atoms with Gasteiger partial charge >= 0.3 is 5.97 Å². The van der Waals surface area contributed by atoms with Gasteiger partial charge in [-0.2, -0.15) is 0 Å². The van der Waals surface area contributed by atoms with E-state index in [9.17, 15) is 4.79 Å². The van der Waals surface area contributed by atoms with E-state index in [1.165, 1.54) is 18.5 Å². The van der Waals surface area contributed by atoms with Crippen molar-refractivity contribution in [1.29, 1.82) is 0 Å². The lowest BCUT2D eigenvalue weighted by Gasteiger charge is -2.33. The Hall–Kier alpha value is -2.10. The third-order valence-corrected chi connectivity index (χ3v) is 4.16. The van der Waals surface area contributed by atoms with Gasteiger partial charge in [0.25, 0.3) is 0 Å². The predicted molar refractivity (Wildman–Crippen MR) is 84.1 cm³/mol. The average Bonchev–Trinajstić information content (AvgIpc) is 2.45. The van der Waals surface area contributed by atoms with Crippen molar-refractivity contribution in [3.8, 4) is 0 Å². The zero-order valence-corrected chi connectivity index (χ0v) is 12.5. The van der Waals surface area contributed by atoms with Crippen molar-refractivity contribution in [2.24, 2.45) is 5.92 Å². The van der Waals surface area contributed by atoms with Crippen LogP contribution in [0.4, 0.5) is 5.69 Å². The summed E-state index contributed by atoms with van der Waals surface area (Å²) in [4.78, 5) is 18.0. The largest absolute Gasteiger partial charge is 0.478 e. The second-order valence-electron chi connectivity index (χ2n) is 6.01. The standard InChI is InChI=1S/C17H20N2O2/c1-11-4-3-7-19(10-11)16-8-12(2)18-15-9-13(17(20)21)5-6-14(15)16/h5-6,8-9,11H,3-4,7,10H2,1-2H3,(H,20,21). The smallest absolute Gasteiger partial charge is 0.335 e. The predicted octanol–water partition coefficient (Wildman–Crippen LogP) is 3.48. The molecule has 1 unspecified atom stereocenters. The van der Waals surface area contributed by atoms with Crippen molar-refractivity contribution in [2.45, 2.75) is 26.7 Å². The van der Waals surface area contributed by atoms with Crippen LogP contribution >= 0.6 is 0 Å². The second-order valence-corrected chi connectivity index (χ2v) is 6.01. The van der Waals surface area contributed by atoms with Crippen LogP contribution in [0.15, 0.2) is 24.3 Å². The van der Waals surface area contributed by atoms with Crippen LogP contribution in [0.5, 0.6) is 0 Å². The lowest BCUT2D eigenvalue weighted by molar-refractivity contribution is 0.0697. The summed E-state index contributed by atoms with van der Waals surface area (Å²) in [6, 6.07) is 7.33. The number of aromatic carboxylic acids is 1. The minimum absolute atomic E-state index is 0.290. The molecular weight excluding hydrogens is 264 g/mol. The van der Waals surface area contributed by atoms with Crippen LogP contribution in [-0.4, -0.2) is 29.1 Å². The number of benzene rings is 1. The van der Waals surface area contributed by atoms with Crippen LogP contribution in [0.25, 0.3) is 10.9 Å². The first-order valence-corrected chi connectivity index (χ1v) is 7.44. The lowest BCUT2D eigenvalue weighted by atomic mass is 9.98. The van der Waals surface area contributed by atoms with Gasteiger partial charge in [0.15, 0.2) is 0 Å². The Bertz CT molecular complexity index is 696. The van der Waals surface area contributed by atoms with Gasteiger partial charge in [0.1, 0.15) is 0 Å². The molecule has 1 N–H and O–H groups in total. The molecule has 1 atom stereocenters. The number of hydrogen-bond acceptors (Lipinski definition) is 3. The van der Waals surface area contributed by atoms with Crippen LogP contribution in [0.1, 0.15) is 35.8 Å². The number of piperidine rings is 1. The summed E-state index contributed by atoms with van der Waals surface area (Å²) in [5.41, 5.74) is 3.17. The molecule has 4 nitrogen and oxygen atoms in total. The third kappa shape index (κ3) is 2.71. The van der Waals surface area contributed by atoms with E-state index in [1.807, 2.05) is 13.0 Å². The summed E-state index contributed by atoms with van der Waals surface area (Å²) in [6.45, 7) is 6.36. The number of fused-ring (bicyclic) bond motifs is 1. The van der Waals surface area contributed by atoms with Crippen molar-refractivity contribution in [2.75, 3.05) is 18.0 Å². The number of aryl methyl sites for hydroxylation is 1. The molecule has 0 amide bonds. The quantitative estimate of drug-likeness (QED) is 0.917. The normalized spacial score (nSPS) is 19.0. The molecule has 2 aromatic rings. The van der Waals surface area contributed by atoms with E-state index in [4.69, 9.17) is 5.11 Å². The molecule has 1 aliphatic rings. The van der Waals surface area contributed by atoms with Gasteiger partial charge in [0.05, 0.1) is 11.1 Å². The molecule has 3 rings (SSSR count). The first-order chi connectivity index (χ1) is 10.0. The minimum atomic E-state index is -0.909. The fourth-order valence-electron chi connectivity index (χ4n) is 3.14. The van der Waals surface area contributed by atoms with Gasteiger partial charge in [-0.3, -0.25) is 4.98 Å². The summed E-state index contributed by atoms with van der Waals surface area (Å²) < 4.78 is 0. The SMILES string of the molecule is Cc1cc(N2CCCC(C)C2)c2ccc(C(=O)O)cc2n1. The van der Waals surface area contributed by atoms with Crippen LogP contribution in [0.2, 0.25) is 0 Å². The Morgan fingerprint density at radius 3 is 2.90 bits per heavy atom. The molecule has 1 aliphatic heterocycles. The summed E-state index contributed by atoms with van der Waals surface area (Å²) in [6.07, 6.45) is 2.49. The molecule has 0 spiro atoms. The summed E-state index contributed by atoms with van der Waals surface area (Å²) in [5, 5.41) is 10.2. The number of nitrogens with zero attached hydrogens (tertiary/aromatic N) is 2. The molecule has 4 heteroatoms.